The van der Waals surface area contributed by atoms with E-state index >= 15 is 0 Å². The van der Waals surface area contributed by atoms with Gasteiger partial charge in [-0.2, -0.15) is 0 Å². The van der Waals surface area contributed by atoms with Gasteiger partial charge in [-0.3, -0.25) is 14.9 Å². The zero-order valence-electron chi connectivity index (χ0n) is 7.51. The number of non-ortho nitro benzene ring substituents is 1. The number of phenolic OH excluding ortho intramolecular Hbond substituents is 1. The van der Waals surface area contributed by atoms with Crippen molar-refractivity contribution in [2.45, 2.75) is 6.92 Å². The molecule has 0 heterocycles. The Morgan fingerprint density at radius 1 is 1.57 bits per heavy atom. The molecule has 0 spiro atoms. The molecule has 1 rings (SSSR count). The van der Waals surface area contributed by atoms with Gasteiger partial charge >= 0.3 is 0 Å². The number of aromatic hydroxyl groups is 1. The standard InChI is InChI=1S/C6H5NO3.C2H5NO/c8-6-3-1-2-5(4-6)7(9)10;1-2(3)4/h1-4,8H;1H3,(H2,3,4). The molecule has 0 saturated carbocycles. The SMILES string of the molecule is CC(N)=O.O=[N+]([O-])c1cccc(O)c1. The maximum absolute atomic E-state index is 10.0. The number of carbonyl (C=O) groups excluding carboxylic acids is 1. The number of nitrogens with two attached hydrogens (primary N) is 1. The van der Waals surface area contributed by atoms with Crippen LogP contribution < -0.4 is 5.73 Å². The van der Waals surface area contributed by atoms with E-state index in [0.717, 1.165) is 6.07 Å². The minimum Gasteiger partial charge on any atom is -0.508 e. The monoisotopic (exact) mass is 198 g/mol. The van der Waals surface area contributed by atoms with Gasteiger partial charge in [-0.25, -0.2) is 0 Å². The van der Waals surface area contributed by atoms with Gasteiger partial charge in [0.05, 0.1) is 11.0 Å². The van der Waals surface area contributed by atoms with E-state index in [4.69, 9.17) is 5.11 Å². The maximum atomic E-state index is 10.0. The fourth-order valence-electron chi connectivity index (χ4n) is 0.607. The Morgan fingerprint density at radius 3 is 2.36 bits per heavy atom. The summed E-state index contributed by atoms with van der Waals surface area (Å²) in [5.74, 6) is -0.422. The van der Waals surface area contributed by atoms with Gasteiger partial charge in [0.15, 0.2) is 0 Å². The summed E-state index contributed by atoms with van der Waals surface area (Å²) in [6, 6.07) is 5.22. The van der Waals surface area contributed by atoms with Crippen LogP contribution in [0.25, 0.3) is 0 Å². The predicted octanol–water partition coefficient (Wildman–Crippen LogP) is 0.792. The molecule has 6 heteroatoms. The number of benzene rings is 1. The number of hydrogen-bond acceptors (Lipinski definition) is 4. The number of carbonyl (C=O) groups is 1. The van der Waals surface area contributed by atoms with Crippen molar-refractivity contribution in [3.8, 4) is 5.75 Å². The molecule has 0 aromatic heterocycles. The third-order valence-corrected chi connectivity index (χ3v) is 1.04. The summed E-state index contributed by atoms with van der Waals surface area (Å²) in [7, 11) is 0. The van der Waals surface area contributed by atoms with Crippen LogP contribution in [0, 0.1) is 10.1 Å². The molecule has 0 aliphatic heterocycles. The van der Waals surface area contributed by atoms with Gasteiger partial charge in [0.1, 0.15) is 5.75 Å². The number of nitrogens with zero attached hydrogens (tertiary/aromatic N) is 1. The van der Waals surface area contributed by atoms with Crippen LogP contribution in [0.1, 0.15) is 6.92 Å². The molecule has 0 aliphatic carbocycles. The summed E-state index contributed by atoms with van der Waals surface area (Å²) in [4.78, 5) is 18.7. The average Bonchev–Trinajstić information content (AvgIpc) is 2.03. The molecule has 3 N–H and O–H groups in total. The van der Waals surface area contributed by atoms with Crippen LogP contribution in [0.2, 0.25) is 0 Å². The summed E-state index contributed by atoms with van der Waals surface area (Å²) < 4.78 is 0. The molecule has 76 valence electrons. The zero-order valence-corrected chi connectivity index (χ0v) is 7.51. The molecule has 1 amide bonds. The second-order valence-corrected chi connectivity index (χ2v) is 2.39. The van der Waals surface area contributed by atoms with Crippen molar-refractivity contribution in [1.82, 2.24) is 0 Å². The number of phenols is 1. The summed E-state index contributed by atoms with van der Waals surface area (Å²) >= 11 is 0. The molecule has 0 bridgehead atoms. The number of amides is 1. The highest BCUT2D eigenvalue weighted by molar-refractivity contribution is 5.70. The molecule has 0 radical (unpaired) electrons. The number of nitro groups is 1. The molecule has 14 heavy (non-hydrogen) atoms. The third-order valence-electron chi connectivity index (χ3n) is 1.04. The molecule has 0 atom stereocenters. The van der Waals surface area contributed by atoms with Crippen LogP contribution in [0.15, 0.2) is 24.3 Å². The fourth-order valence-corrected chi connectivity index (χ4v) is 0.607. The van der Waals surface area contributed by atoms with E-state index in [9.17, 15) is 14.9 Å². The molecule has 0 fully saturated rings. The number of rotatable bonds is 1. The molecule has 0 saturated heterocycles. The lowest BCUT2D eigenvalue weighted by atomic mass is 10.3. The number of nitro benzene ring substituents is 1. The van der Waals surface area contributed by atoms with E-state index in [0.29, 0.717) is 0 Å². The van der Waals surface area contributed by atoms with Crippen LogP contribution in [-0.2, 0) is 4.79 Å². The first-order chi connectivity index (χ1) is 6.43. The average molecular weight is 198 g/mol. The van der Waals surface area contributed by atoms with E-state index in [2.05, 4.69) is 5.73 Å². The Bertz CT molecular complexity index is 334. The summed E-state index contributed by atoms with van der Waals surface area (Å²) in [5, 5.41) is 18.8. The van der Waals surface area contributed by atoms with Crippen LogP contribution in [-0.4, -0.2) is 15.9 Å². The predicted molar refractivity (Wildman–Crippen MR) is 49.6 cm³/mol. The summed E-state index contributed by atoms with van der Waals surface area (Å²) in [6.07, 6.45) is 0. The molecular weight excluding hydrogens is 188 g/mol. The quantitative estimate of drug-likeness (QED) is 0.513. The lowest BCUT2D eigenvalue weighted by Gasteiger charge is -1.89. The van der Waals surface area contributed by atoms with Gasteiger partial charge in [0.2, 0.25) is 5.91 Å². The topological polar surface area (TPSA) is 106 Å². The Hall–Kier alpha value is -2.11. The van der Waals surface area contributed by atoms with Crippen LogP contribution >= 0.6 is 0 Å². The van der Waals surface area contributed by atoms with Gasteiger partial charge in [-0.05, 0) is 6.07 Å². The van der Waals surface area contributed by atoms with Crippen molar-refractivity contribution in [2.75, 3.05) is 0 Å². The first kappa shape index (κ1) is 11.9. The largest absolute Gasteiger partial charge is 0.508 e. The smallest absolute Gasteiger partial charge is 0.273 e. The highest BCUT2D eigenvalue weighted by Crippen LogP contribution is 2.16. The molecule has 1 aromatic carbocycles. The minimum atomic E-state index is -0.556. The first-order valence-corrected chi connectivity index (χ1v) is 3.63. The van der Waals surface area contributed by atoms with Gasteiger partial charge in [0.25, 0.3) is 5.69 Å². The number of primary amides is 1. The van der Waals surface area contributed by atoms with Gasteiger partial charge in [-0.15, -0.1) is 0 Å². The molecule has 0 unspecified atom stereocenters. The Kier molecular flexibility index (Phi) is 4.69. The first-order valence-electron chi connectivity index (χ1n) is 3.63. The molecule has 0 aliphatic rings. The van der Waals surface area contributed by atoms with Crippen LogP contribution in [0.5, 0.6) is 5.75 Å². The van der Waals surface area contributed by atoms with Crippen LogP contribution in [0.4, 0.5) is 5.69 Å². The summed E-state index contributed by atoms with van der Waals surface area (Å²) in [6.45, 7) is 1.31. The van der Waals surface area contributed by atoms with Gasteiger partial charge in [0, 0.05) is 13.0 Å². The van der Waals surface area contributed by atoms with Crippen molar-refractivity contribution in [1.29, 1.82) is 0 Å². The lowest BCUT2D eigenvalue weighted by Crippen LogP contribution is -2.01. The second kappa shape index (κ2) is 5.52. The van der Waals surface area contributed by atoms with Gasteiger partial charge < -0.3 is 10.8 Å². The van der Waals surface area contributed by atoms with Crippen molar-refractivity contribution in [3.63, 3.8) is 0 Å². The van der Waals surface area contributed by atoms with Gasteiger partial charge in [-0.1, -0.05) is 6.07 Å². The van der Waals surface area contributed by atoms with E-state index in [1.807, 2.05) is 0 Å². The molecule has 6 nitrogen and oxygen atoms in total. The normalized spacial score (nSPS) is 8.36. The second-order valence-electron chi connectivity index (χ2n) is 2.39. The van der Waals surface area contributed by atoms with E-state index < -0.39 is 4.92 Å². The van der Waals surface area contributed by atoms with Crippen molar-refractivity contribution >= 4 is 11.6 Å². The molecular formula is C8H10N2O4. The van der Waals surface area contributed by atoms with E-state index in [-0.39, 0.29) is 17.3 Å². The Morgan fingerprint density at radius 2 is 2.07 bits per heavy atom. The Balaban J connectivity index is 0.000000364. The van der Waals surface area contributed by atoms with Crippen molar-refractivity contribution < 1.29 is 14.8 Å². The van der Waals surface area contributed by atoms with E-state index in [1.54, 1.807) is 0 Å². The molecule has 1 aromatic rings. The summed E-state index contributed by atoms with van der Waals surface area (Å²) in [5.41, 5.74) is 4.38. The highest BCUT2D eigenvalue weighted by Gasteiger charge is 2.03. The van der Waals surface area contributed by atoms with Crippen molar-refractivity contribution in [2.24, 2.45) is 5.73 Å². The third kappa shape index (κ3) is 5.53. The number of hydrogen-bond donors (Lipinski definition) is 2. The zero-order chi connectivity index (χ0) is 11.1. The fraction of sp³-hybridized carbons (Fsp3) is 0.125. The lowest BCUT2D eigenvalue weighted by molar-refractivity contribution is -0.384. The van der Waals surface area contributed by atoms with Crippen LogP contribution in [0.3, 0.4) is 0 Å². The minimum absolute atomic E-state index is 0.0887. The maximum Gasteiger partial charge on any atom is 0.273 e. The highest BCUT2D eigenvalue weighted by atomic mass is 16.6. The Labute approximate surface area is 80.1 Å². The van der Waals surface area contributed by atoms with Crippen molar-refractivity contribution in [3.05, 3.63) is 34.4 Å². The van der Waals surface area contributed by atoms with E-state index in [1.165, 1.54) is 25.1 Å².